The topological polar surface area (TPSA) is 52.3 Å². The maximum Gasteiger partial charge on any atom is 0.351 e. The van der Waals surface area contributed by atoms with E-state index in [4.69, 9.17) is 5.73 Å². The van der Waals surface area contributed by atoms with Crippen LogP contribution in [0.1, 0.15) is 12.5 Å². The van der Waals surface area contributed by atoms with Crippen LogP contribution in [0.15, 0.2) is 23.1 Å². The van der Waals surface area contributed by atoms with E-state index in [9.17, 15) is 9.18 Å². The number of alkyl halides is 1. The molecule has 0 aromatic heterocycles. The van der Waals surface area contributed by atoms with Gasteiger partial charge in [0.05, 0.1) is 6.61 Å². The van der Waals surface area contributed by atoms with E-state index in [1.165, 1.54) is 0 Å². The van der Waals surface area contributed by atoms with Gasteiger partial charge in [-0.25, -0.2) is 9.18 Å². The van der Waals surface area contributed by atoms with Crippen LogP contribution in [0.3, 0.4) is 0 Å². The van der Waals surface area contributed by atoms with E-state index in [0.717, 1.165) is 17.3 Å². The number of esters is 1. The maximum absolute atomic E-state index is 13.4. The van der Waals surface area contributed by atoms with Crippen LogP contribution in [0.5, 0.6) is 0 Å². The van der Waals surface area contributed by atoms with Gasteiger partial charge in [-0.3, -0.25) is 0 Å². The molecule has 3 nitrogen and oxygen atoms in total. The number of nitrogens with two attached hydrogens (primary N) is 1. The molecule has 0 saturated carbocycles. The molecule has 1 atom stereocenters. The molecule has 2 N–H and O–H groups in total. The van der Waals surface area contributed by atoms with Crippen molar-refractivity contribution in [2.75, 3.05) is 12.3 Å². The SMILES string of the molecule is CCOC(=O)C(F)Sc1cc(N)ccc1C. The number of carbonyl (C=O) groups excluding carboxylic acids is 1. The van der Waals surface area contributed by atoms with E-state index < -0.39 is 11.5 Å². The minimum atomic E-state index is -1.71. The highest BCUT2D eigenvalue weighted by molar-refractivity contribution is 8.00. The number of rotatable bonds is 4. The quantitative estimate of drug-likeness (QED) is 0.501. The zero-order chi connectivity index (χ0) is 12.1. The number of hydrogen-bond acceptors (Lipinski definition) is 4. The summed E-state index contributed by atoms with van der Waals surface area (Å²) < 4.78 is 18.0. The predicted octanol–water partition coefficient (Wildman–Crippen LogP) is 2.53. The minimum absolute atomic E-state index is 0.176. The van der Waals surface area contributed by atoms with Crippen LogP contribution in [-0.4, -0.2) is 18.1 Å². The highest BCUT2D eigenvalue weighted by Crippen LogP contribution is 2.29. The van der Waals surface area contributed by atoms with Gasteiger partial charge in [0.1, 0.15) is 0 Å². The first-order valence-electron chi connectivity index (χ1n) is 4.88. The predicted molar refractivity (Wildman–Crippen MR) is 63.0 cm³/mol. The fraction of sp³-hybridized carbons (Fsp3) is 0.364. The Labute approximate surface area is 98.2 Å². The number of anilines is 1. The molecule has 0 amide bonds. The van der Waals surface area contributed by atoms with Crippen molar-refractivity contribution in [2.45, 2.75) is 24.2 Å². The molecular formula is C11H14FNO2S. The second-order valence-electron chi connectivity index (χ2n) is 3.21. The van der Waals surface area contributed by atoms with Crippen molar-refractivity contribution in [1.29, 1.82) is 0 Å². The van der Waals surface area contributed by atoms with Crippen LogP contribution in [0.2, 0.25) is 0 Å². The molecule has 0 aliphatic rings. The van der Waals surface area contributed by atoms with E-state index in [2.05, 4.69) is 4.74 Å². The molecule has 0 fully saturated rings. The van der Waals surface area contributed by atoms with Crippen LogP contribution in [0.25, 0.3) is 0 Å². The number of hydrogen-bond donors (Lipinski definition) is 1. The van der Waals surface area contributed by atoms with Gasteiger partial charge in [-0.05, 0) is 31.5 Å². The minimum Gasteiger partial charge on any atom is -0.463 e. The van der Waals surface area contributed by atoms with E-state index in [1.54, 1.807) is 25.1 Å². The zero-order valence-corrected chi connectivity index (χ0v) is 10.0. The molecule has 0 aliphatic carbocycles. The molecule has 0 radical (unpaired) electrons. The molecule has 88 valence electrons. The Kier molecular flexibility index (Phi) is 4.61. The molecule has 1 rings (SSSR count). The Morgan fingerprint density at radius 3 is 2.94 bits per heavy atom. The Morgan fingerprint density at radius 1 is 1.62 bits per heavy atom. The third-order valence-corrected chi connectivity index (χ3v) is 3.01. The van der Waals surface area contributed by atoms with Gasteiger partial charge in [-0.1, -0.05) is 17.8 Å². The van der Waals surface area contributed by atoms with Gasteiger partial charge in [-0.2, -0.15) is 0 Å². The first-order chi connectivity index (χ1) is 7.54. The van der Waals surface area contributed by atoms with Crippen LogP contribution in [0, 0.1) is 6.92 Å². The highest BCUT2D eigenvalue weighted by Gasteiger charge is 2.20. The smallest absolute Gasteiger partial charge is 0.351 e. The summed E-state index contributed by atoms with van der Waals surface area (Å²) in [5.74, 6) is -0.852. The molecule has 0 saturated heterocycles. The van der Waals surface area contributed by atoms with Gasteiger partial charge in [0.2, 0.25) is 5.50 Å². The van der Waals surface area contributed by atoms with E-state index in [-0.39, 0.29) is 6.61 Å². The summed E-state index contributed by atoms with van der Waals surface area (Å²) in [5.41, 5.74) is 5.30. The summed E-state index contributed by atoms with van der Waals surface area (Å²) in [7, 11) is 0. The molecule has 1 aromatic carbocycles. The maximum atomic E-state index is 13.4. The fourth-order valence-corrected chi connectivity index (χ4v) is 1.96. The number of thioether (sulfide) groups is 1. The first kappa shape index (κ1) is 12.8. The number of ether oxygens (including phenoxy) is 1. The Balaban J connectivity index is 2.72. The van der Waals surface area contributed by atoms with Gasteiger partial charge in [0, 0.05) is 10.6 Å². The van der Waals surface area contributed by atoms with Gasteiger partial charge < -0.3 is 10.5 Å². The van der Waals surface area contributed by atoms with E-state index in [1.807, 2.05) is 6.92 Å². The molecule has 0 heterocycles. The van der Waals surface area contributed by atoms with Crippen LogP contribution in [-0.2, 0) is 9.53 Å². The molecule has 5 heteroatoms. The lowest BCUT2D eigenvalue weighted by molar-refractivity contribution is -0.145. The average molecular weight is 243 g/mol. The average Bonchev–Trinajstić information content (AvgIpc) is 2.23. The van der Waals surface area contributed by atoms with Crippen molar-refractivity contribution in [2.24, 2.45) is 0 Å². The van der Waals surface area contributed by atoms with Gasteiger partial charge >= 0.3 is 5.97 Å². The summed E-state index contributed by atoms with van der Waals surface area (Å²) in [6.45, 7) is 3.65. The normalized spacial score (nSPS) is 12.2. The molecular weight excluding hydrogens is 229 g/mol. The summed E-state index contributed by atoms with van der Waals surface area (Å²) in [6.07, 6.45) is 0. The summed E-state index contributed by atoms with van der Waals surface area (Å²) >= 11 is 0.811. The number of benzene rings is 1. The Morgan fingerprint density at radius 2 is 2.31 bits per heavy atom. The Bertz CT molecular complexity index is 384. The fourth-order valence-electron chi connectivity index (χ4n) is 1.11. The summed E-state index contributed by atoms with van der Waals surface area (Å²) in [5, 5.41) is 0. The number of halogens is 1. The molecule has 0 spiro atoms. The second-order valence-corrected chi connectivity index (χ2v) is 4.30. The molecule has 16 heavy (non-hydrogen) atoms. The molecule has 1 unspecified atom stereocenters. The van der Waals surface area contributed by atoms with Crippen molar-refractivity contribution in [3.63, 3.8) is 0 Å². The van der Waals surface area contributed by atoms with Gasteiger partial charge in [0.25, 0.3) is 0 Å². The largest absolute Gasteiger partial charge is 0.463 e. The standard InChI is InChI=1S/C11H14FNO2S/c1-3-15-11(14)10(12)16-9-6-8(13)5-4-7(9)2/h4-6,10H,3,13H2,1-2H3. The lowest BCUT2D eigenvalue weighted by Gasteiger charge is -2.09. The van der Waals surface area contributed by atoms with E-state index in [0.29, 0.717) is 10.6 Å². The van der Waals surface area contributed by atoms with Gasteiger partial charge in [0.15, 0.2) is 0 Å². The number of nitrogen functional groups attached to an aromatic ring is 1. The summed E-state index contributed by atoms with van der Waals surface area (Å²) in [4.78, 5) is 11.7. The van der Waals surface area contributed by atoms with Crippen molar-refractivity contribution in [3.05, 3.63) is 23.8 Å². The lowest BCUT2D eigenvalue weighted by atomic mass is 10.2. The van der Waals surface area contributed by atoms with Crippen LogP contribution in [0.4, 0.5) is 10.1 Å². The monoisotopic (exact) mass is 243 g/mol. The third kappa shape index (κ3) is 3.41. The molecule has 1 aromatic rings. The summed E-state index contributed by atoms with van der Waals surface area (Å²) in [6, 6.07) is 5.17. The van der Waals surface area contributed by atoms with Crippen molar-refractivity contribution in [1.82, 2.24) is 0 Å². The van der Waals surface area contributed by atoms with Crippen LogP contribution >= 0.6 is 11.8 Å². The van der Waals surface area contributed by atoms with Crippen LogP contribution < -0.4 is 5.73 Å². The Hall–Kier alpha value is -1.23. The molecule has 0 bridgehead atoms. The number of carbonyl (C=O) groups is 1. The second kappa shape index (κ2) is 5.75. The first-order valence-corrected chi connectivity index (χ1v) is 5.76. The third-order valence-electron chi connectivity index (χ3n) is 1.91. The van der Waals surface area contributed by atoms with Crippen molar-refractivity contribution in [3.8, 4) is 0 Å². The van der Waals surface area contributed by atoms with E-state index >= 15 is 0 Å². The molecule has 0 aliphatic heterocycles. The van der Waals surface area contributed by atoms with Crippen molar-refractivity contribution >= 4 is 23.4 Å². The number of aryl methyl sites for hydroxylation is 1. The van der Waals surface area contributed by atoms with Crippen molar-refractivity contribution < 1.29 is 13.9 Å². The lowest BCUT2D eigenvalue weighted by Crippen LogP contribution is -2.15. The van der Waals surface area contributed by atoms with Gasteiger partial charge in [-0.15, -0.1) is 0 Å². The highest BCUT2D eigenvalue weighted by atomic mass is 32.2. The zero-order valence-electron chi connectivity index (χ0n) is 9.20.